The number of rotatable bonds is 8. The number of amides is 1. The third kappa shape index (κ3) is 6.57. The molecule has 0 saturated carbocycles. The Hall–Kier alpha value is -3.16. The van der Waals surface area contributed by atoms with Crippen LogP contribution < -0.4 is 5.73 Å². The van der Waals surface area contributed by atoms with Crippen LogP contribution in [0.2, 0.25) is 5.02 Å². The largest absolute Gasteiger partial charge is 0.332 e. The van der Waals surface area contributed by atoms with Gasteiger partial charge in [0.2, 0.25) is 5.91 Å². The summed E-state index contributed by atoms with van der Waals surface area (Å²) < 4.78 is 28.7. The number of aromatic nitrogens is 1. The fourth-order valence-corrected chi connectivity index (χ4v) is 6.27. The lowest BCUT2D eigenvalue weighted by atomic mass is 9.73. The number of aryl methyl sites for hydroxylation is 1. The predicted molar refractivity (Wildman–Crippen MR) is 165 cm³/mol. The maximum absolute atomic E-state index is 14.4. The molecule has 3 atom stereocenters. The van der Waals surface area contributed by atoms with Crippen molar-refractivity contribution in [3.8, 4) is 0 Å². The molecule has 1 amide bonds. The lowest BCUT2D eigenvalue weighted by molar-refractivity contribution is -0.140. The zero-order chi connectivity index (χ0) is 30.8. The van der Waals surface area contributed by atoms with E-state index in [1.54, 1.807) is 18.0 Å². The highest BCUT2D eigenvalue weighted by atomic mass is 35.5. The van der Waals surface area contributed by atoms with Crippen molar-refractivity contribution in [1.29, 1.82) is 0 Å². The second-order valence-electron chi connectivity index (χ2n) is 12.4. The number of nitrogens with two attached hydrogens (primary N) is 1. The molecule has 0 aliphatic heterocycles. The van der Waals surface area contributed by atoms with Crippen molar-refractivity contribution >= 4 is 29.4 Å². The SMILES string of the molecule is Cc1ncccc1C1(C(=O)CN)Cc2cc(Cl)c(C=CCN(C(=O)C(C)(C)C)C(C)C3=CC(F)CCC(F)=C3)cc2C1. The number of Topliss-reactive ketones (excluding diaryl/α,β-unsaturated/α-hetero) is 1. The maximum atomic E-state index is 14.4. The van der Waals surface area contributed by atoms with E-state index < -0.39 is 23.0 Å². The van der Waals surface area contributed by atoms with Gasteiger partial charge >= 0.3 is 0 Å². The third-order valence-corrected chi connectivity index (χ3v) is 8.68. The minimum Gasteiger partial charge on any atom is -0.332 e. The topological polar surface area (TPSA) is 76.3 Å². The van der Waals surface area contributed by atoms with Crippen molar-refractivity contribution < 1.29 is 18.4 Å². The molecule has 2 aliphatic rings. The molecule has 2 N–H and O–H groups in total. The second-order valence-corrected chi connectivity index (χ2v) is 12.8. The summed E-state index contributed by atoms with van der Waals surface area (Å²) >= 11 is 6.72. The van der Waals surface area contributed by atoms with Crippen molar-refractivity contribution in [1.82, 2.24) is 9.88 Å². The van der Waals surface area contributed by atoms with Crippen LogP contribution in [0.5, 0.6) is 0 Å². The molecule has 8 heteroatoms. The van der Waals surface area contributed by atoms with Gasteiger partial charge in [-0.1, -0.05) is 50.6 Å². The van der Waals surface area contributed by atoms with Crippen LogP contribution in [0.15, 0.2) is 60.1 Å². The average Bonchev–Trinajstić information content (AvgIpc) is 3.21. The summed E-state index contributed by atoms with van der Waals surface area (Å²) in [5.41, 5.74) is 9.28. The van der Waals surface area contributed by atoms with E-state index in [1.807, 2.05) is 64.1 Å². The summed E-state index contributed by atoms with van der Waals surface area (Å²) in [6.45, 7) is 9.32. The summed E-state index contributed by atoms with van der Waals surface area (Å²) in [5.74, 6) is -0.560. The van der Waals surface area contributed by atoms with E-state index in [1.165, 1.54) is 12.2 Å². The van der Waals surface area contributed by atoms with Crippen LogP contribution in [0.1, 0.15) is 68.5 Å². The molecule has 0 bridgehead atoms. The zero-order valence-corrected chi connectivity index (χ0v) is 25.8. The molecule has 0 spiro atoms. The molecule has 1 heterocycles. The summed E-state index contributed by atoms with van der Waals surface area (Å²) in [6, 6.07) is 7.14. The summed E-state index contributed by atoms with van der Waals surface area (Å²) in [4.78, 5) is 32.8. The summed E-state index contributed by atoms with van der Waals surface area (Å²) in [6.07, 6.45) is 8.02. The Morgan fingerprint density at radius 1 is 1.26 bits per heavy atom. The molecular weight excluding hydrogens is 556 g/mol. The van der Waals surface area contributed by atoms with Crippen LogP contribution in [0.3, 0.4) is 0 Å². The Morgan fingerprint density at radius 2 is 1.95 bits per heavy atom. The first-order chi connectivity index (χ1) is 19.8. The monoisotopic (exact) mass is 595 g/mol. The van der Waals surface area contributed by atoms with Crippen LogP contribution >= 0.6 is 11.6 Å². The number of ketones is 1. The number of benzene rings is 1. The molecule has 5 nitrogen and oxygen atoms in total. The number of alkyl halides is 1. The van der Waals surface area contributed by atoms with Crippen LogP contribution in [0.4, 0.5) is 8.78 Å². The van der Waals surface area contributed by atoms with Crippen LogP contribution in [-0.4, -0.2) is 46.9 Å². The van der Waals surface area contributed by atoms with Gasteiger partial charge < -0.3 is 10.6 Å². The van der Waals surface area contributed by atoms with Crippen molar-refractivity contribution in [2.24, 2.45) is 11.1 Å². The minimum atomic E-state index is -1.27. The number of hydrogen-bond donors (Lipinski definition) is 1. The van der Waals surface area contributed by atoms with Crippen molar-refractivity contribution in [3.05, 3.63) is 93.1 Å². The number of hydrogen-bond acceptors (Lipinski definition) is 4. The average molecular weight is 596 g/mol. The Labute approximate surface area is 252 Å². The first-order valence-electron chi connectivity index (χ1n) is 14.4. The van der Waals surface area contributed by atoms with Gasteiger partial charge in [0.25, 0.3) is 0 Å². The number of carbonyl (C=O) groups excluding carboxylic acids is 2. The van der Waals surface area contributed by atoms with E-state index in [-0.39, 0.29) is 43.4 Å². The Balaban J connectivity index is 1.63. The van der Waals surface area contributed by atoms with E-state index in [0.717, 1.165) is 27.9 Å². The molecule has 0 saturated heterocycles. The van der Waals surface area contributed by atoms with E-state index in [9.17, 15) is 18.4 Å². The van der Waals surface area contributed by atoms with Gasteiger partial charge in [0.05, 0.1) is 18.0 Å². The number of nitrogens with zero attached hydrogens (tertiary/aromatic N) is 2. The number of fused-ring (bicyclic) bond motifs is 1. The standard InChI is InChI=1S/C34H40ClF2N3O2/c1-21-29(9-6-12-39-21)34(31(41)20-38)18-25-14-23(30(35)17-26(25)19-34)8-7-13-40(32(42)33(3,4)5)22(2)24-15-27(36)10-11-28(37)16-24/h6-9,12,14-17,22,27H,10-11,13,18-20,38H2,1-5H3. The third-order valence-electron chi connectivity index (χ3n) is 8.35. The highest BCUT2D eigenvalue weighted by Crippen LogP contribution is 2.43. The summed E-state index contributed by atoms with van der Waals surface area (Å²) in [5, 5.41) is 0.530. The van der Waals surface area contributed by atoms with E-state index in [4.69, 9.17) is 17.3 Å². The normalized spacial score (nSPS) is 21.4. The van der Waals surface area contributed by atoms with Crippen LogP contribution in [-0.2, 0) is 27.8 Å². The van der Waals surface area contributed by atoms with Crippen molar-refractivity contribution in [2.75, 3.05) is 13.1 Å². The number of allylic oxidation sites excluding steroid dienone is 2. The van der Waals surface area contributed by atoms with Gasteiger partial charge in [0.15, 0.2) is 5.78 Å². The fourth-order valence-electron chi connectivity index (χ4n) is 6.02. The summed E-state index contributed by atoms with van der Waals surface area (Å²) in [7, 11) is 0. The van der Waals surface area contributed by atoms with Gasteiger partial charge in [0, 0.05) is 35.3 Å². The molecule has 0 radical (unpaired) electrons. The lowest BCUT2D eigenvalue weighted by Crippen LogP contribution is -2.45. The fraction of sp³-hybridized carbons (Fsp3) is 0.441. The minimum absolute atomic E-state index is 0.0380. The van der Waals surface area contributed by atoms with E-state index >= 15 is 0 Å². The molecule has 4 rings (SSSR count). The smallest absolute Gasteiger partial charge is 0.228 e. The first kappa shape index (κ1) is 31.8. The molecule has 42 heavy (non-hydrogen) atoms. The predicted octanol–water partition coefficient (Wildman–Crippen LogP) is 6.80. The van der Waals surface area contributed by atoms with Gasteiger partial charge in [-0.25, -0.2) is 8.78 Å². The first-order valence-corrected chi connectivity index (χ1v) is 14.8. The van der Waals surface area contributed by atoms with E-state index in [0.29, 0.717) is 23.4 Å². The quantitative estimate of drug-likeness (QED) is 0.364. The Morgan fingerprint density at radius 3 is 2.60 bits per heavy atom. The molecule has 1 aromatic carbocycles. The van der Waals surface area contributed by atoms with Gasteiger partial charge in [-0.15, -0.1) is 0 Å². The van der Waals surface area contributed by atoms with Gasteiger partial charge in [-0.2, -0.15) is 0 Å². The molecule has 224 valence electrons. The Kier molecular flexibility index (Phi) is 9.53. The van der Waals surface area contributed by atoms with Gasteiger partial charge in [-0.3, -0.25) is 14.6 Å². The zero-order valence-electron chi connectivity index (χ0n) is 25.0. The molecule has 2 aromatic rings. The van der Waals surface area contributed by atoms with Crippen LogP contribution in [0, 0.1) is 12.3 Å². The molecular formula is C34H40ClF2N3O2. The maximum Gasteiger partial charge on any atom is 0.228 e. The number of pyridine rings is 1. The van der Waals surface area contributed by atoms with Gasteiger partial charge in [0.1, 0.15) is 12.0 Å². The molecule has 2 aliphatic carbocycles. The molecule has 3 unspecified atom stereocenters. The highest BCUT2D eigenvalue weighted by Gasteiger charge is 2.45. The van der Waals surface area contributed by atoms with Crippen molar-refractivity contribution in [3.63, 3.8) is 0 Å². The van der Waals surface area contributed by atoms with Crippen LogP contribution in [0.25, 0.3) is 6.08 Å². The molecule has 1 aromatic heterocycles. The second kappa shape index (κ2) is 12.6. The number of halogens is 3. The molecule has 0 fully saturated rings. The Bertz CT molecular complexity index is 1460. The van der Waals surface area contributed by atoms with Crippen molar-refractivity contribution in [2.45, 2.75) is 77.9 Å². The van der Waals surface area contributed by atoms with Gasteiger partial charge in [-0.05, 0) is 91.3 Å². The van der Waals surface area contributed by atoms with E-state index in [2.05, 4.69) is 4.98 Å². The highest BCUT2D eigenvalue weighted by molar-refractivity contribution is 6.32. The lowest BCUT2D eigenvalue weighted by Gasteiger charge is -2.34. The number of carbonyl (C=O) groups is 2.